The molecule has 0 saturated heterocycles. The summed E-state index contributed by atoms with van der Waals surface area (Å²) in [6, 6.07) is 4.08. The van der Waals surface area contributed by atoms with Crippen LogP contribution < -0.4 is 16.4 Å². The number of unbranched alkanes of at least 4 members (excludes halogenated alkanes) is 1. The Bertz CT molecular complexity index is 519. The summed E-state index contributed by atoms with van der Waals surface area (Å²) in [6.07, 6.45) is 1.73. The van der Waals surface area contributed by atoms with E-state index in [0.29, 0.717) is 24.3 Å². The van der Waals surface area contributed by atoms with E-state index >= 15 is 0 Å². The number of nitrogens with two attached hydrogens (primary N) is 1. The molecule has 1 aromatic rings. The van der Waals surface area contributed by atoms with Gasteiger partial charge in [-0.1, -0.05) is 6.07 Å². The zero-order chi connectivity index (χ0) is 14.5. The highest BCUT2D eigenvalue weighted by Crippen LogP contribution is 2.32. The van der Waals surface area contributed by atoms with Gasteiger partial charge in [-0.25, -0.2) is 4.39 Å². The molecule has 0 bridgehead atoms. The number of carbonyl (C=O) groups excluding carboxylic acids is 2. The predicted octanol–water partition coefficient (Wildman–Crippen LogP) is 1.11. The number of carbonyl (C=O) groups is 2. The molecule has 0 spiro atoms. The summed E-state index contributed by atoms with van der Waals surface area (Å²) in [7, 11) is 0. The van der Waals surface area contributed by atoms with Crippen LogP contribution in [0, 0.1) is 5.82 Å². The lowest BCUT2D eigenvalue weighted by atomic mass is 9.89. The number of halogens is 1. The highest BCUT2D eigenvalue weighted by atomic mass is 19.1. The van der Waals surface area contributed by atoms with Crippen molar-refractivity contribution in [1.82, 2.24) is 5.32 Å². The summed E-state index contributed by atoms with van der Waals surface area (Å²) < 4.78 is 13.2. The summed E-state index contributed by atoms with van der Waals surface area (Å²) in [4.78, 5) is 23.7. The Labute approximate surface area is 116 Å². The summed E-state index contributed by atoms with van der Waals surface area (Å²) in [5, 5.41) is 5.38. The topological polar surface area (TPSA) is 84.2 Å². The average molecular weight is 279 g/mol. The van der Waals surface area contributed by atoms with Crippen molar-refractivity contribution in [3.8, 4) is 0 Å². The Morgan fingerprint density at radius 3 is 3.00 bits per heavy atom. The van der Waals surface area contributed by atoms with Gasteiger partial charge in [0.05, 0.1) is 5.92 Å². The molecule has 1 heterocycles. The van der Waals surface area contributed by atoms with Gasteiger partial charge in [0.15, 0.2) is 0 Å². The number of anilines is 1. The lowest BCUT2D eigenvalue weighted by Gasteiger charge is -2.24. The molecule has 4 N–H and O–H groups in total. The molecule has 1 aliphatic rings. The summed E-state index contributed by atoms with van der Waals surface area (Å²) >= 11 is 0. The molecule has 0 aromatic heterocycles. The minimum absolute atomic E-state index is 0.0847. The fourth-order valence-corrected chi connectivity index (χ4v) is 2.28. The Morgan fingerprint density at radius 1 is 1.45 bits per heavy atom. The van der Waals surface area contributed by atoms with E-state index in [-0.39, 0.29) is 18.2 Å². The van der Waals surface area contributed by atoms with Gasteiger partial charge in [0, 0.05) is 18.7 Å². The van der Waals surface area contributed by atoms with Crippen molar-refractivity contribution >= 4 is 17.5 Å². The molecule has 0 aliphatic carbocycles. The molecule has 1 aromatic carbocycles. The van der Waals surface area contributed by atoms with Crippen LogP contribution in [0.1, 0.15) is 30.7 Å². The van der Waals surface area contributed by atoms with E-state index in [2.05, 4.69) is 10.6 Å². The number of hydrogen-bond donors (Lipinski definition) is 3. The van der Waals surface area contributed by atoms with Gasteiger partial charge in [-0.3, -0.25) is 9.59 Å². The Balaban J connectivity index is 2.08. The largest absolute Gasteiger partial charge is 0.356 e. The highest BCUT2D eigenvalue weighted by molar-refractivity contribution is 6.01. The van der Waals surface area contributed by atoms with E-state index in [1.54, 1.807) is 6.07 Å². The van der Waals surface area contributed by atoms with Gasteiger partial charge in [-0.15, -0.1) is 0 Å². The molecule has 0 saturated carbocycles. The maximum Gasteiger partial charge on any atom is 0.228 e. The summed E-state index contributed by atoms with van der Waals surface area (Å²) in [5.74, 6) is -1.47. The van der Waals surface area contributed by atoms with Crippen LogP contribution >= 0.6 is 0 Å². The van der Waals surface area contributed by atoms with E-state index in [1.807, 2.05) is 0 Å². The van der Waals surface area contributed by atoms with Crippen LogP contribution in [-0.4, -0.2) is 24.9 Å². The molecule has 1 aliphatic heterocycles. The van der Waals surface area contributed by atoms with Crippen LogP contribution in [0.25, 0.3) is 0 Å². The predicted molar refractivity (Wildman–Crippen MR) is 73.7 cm³/mol. The third-order valence-electron chi connectivity index (χ3n) is 3.30. The monoisotopic (exact) mass is 279 g/mol. The van der Waals surface area contributed by atoms with Crippen LogP contribution in [0.5, 0.6) is 0 Å². The van der Waals surface area contributed by atoms with Gasteiger partial charge >= 0.3 is 0 Å². The molecule has 0 fully saturated rings. The van der Waals surface area contributed by atoms with Crippen LogP contribution in [0.15, 0.2) is 18.2 Å². The fourth-order valence-electron chi connectivity index (χ4n) is 2.28. The summed E-state index contributed by atoms with van der Waals surface area (Å²) in [5.41, 5.74) is 6.42. The van der Waals surface area contributed by atoms with Gasteiger partial charge in [0.1, 0.15) is 5.82 Å². The highest BCUT2D eigenvalue weighted by Gasteiger charge is 2.30. The minimum Gasteiger partial charge on any atom is -0.356 e. The van der Waals surface area contributed by atoms with Gasteiger partial charge in [-0.2, -0.15) is 0 Å². The van der Waals surface area contributed by atoms with Crippen molar-refractivity contribution in [2.45, 2.75) is 25.2 Å². The summed E-state index contributed by atoms with van der Waals surface area (Å²) in [6.45, 7) is 1.12. The molecule has 0 radical (unpaired) electrons. The molecule has 1 atom stereocenters. The van der Waals surface area contributed by atoms with Crippen molar-refractivity contribution in [2.75, 3.05) is 18.4 Å². The maximum absolute atomic E-state index is 13.2. The number of hydrogen-bond acceptors (Lipinski definition) is 3. The molecule has 20 heavy (non-hydrogen) atoms. The van der Waals surface area contributed by atoms with Gasteiger partial charge < -0.3 is 16.4 Å². The first-order chi connectivity index (χ1) is 9.61. The third kappa shape index (κ3) is 3.33. The first kappa shape index (κ1) is 14.5. The standard InChI is InChI=1S/C14H18FN3O2/c15-9-3-4-10-11(8-13(19)18-12(10)7-9)14(20)17-6-2-1-5-16/h3-4,7,11H,1-2,5-6,8,16H2,(H,17,20)(H,18,19). The van der Waals surface area contributed by atoms with Crippen molar-refractivity contribution in [2.24, 2.45) is 5.73 Å². The molecule has 2 amide bonds. The van der Waals surface area contributed by atoms with Crippen molar-refractivity contribution in [3.05, 3.63) is 29.6 Å². The van der Waals surface area contributed by atoms with Crippen LogP contribution in [0.2, 0.25) is 0 Å². The van der Waals surface area contributed by atoms with Crippen LogP contribution in [0.4, 0.5) is 10.1 Å². The zero-order valence-corrected chi connectivity index (χ0v) is 11.1. The lowest BCUT2D eigenvalue weighted by Crippen LogP contribution is -2.35. The number of rotatable bonds is 5. The Hall–Kier alpha value is -1.95. The number of benzene rings is 1. The second kappa shape index (κ2) is 6.47. The van der Waals surface area contributed by atoms with Crippen LogP contribution in [0.3, 0.4) is 0 Å². The molecule has 2 rings (SSSR count). The Morgan fingerprint density at radius 2 is 2.25 bits per heavy atom. The van der Waals surface area contributed by atoms with Gasteiger partial charge in [-0.05, 0) is 37.1 Å². The Kier molecular flexibility index (Phi) is 4.68. The van der Waals surface area contributed by atoms with E-state index in [1.165, 1.54) is 12.1 Å². The molecular weight excluding hydrogens is 261 g/mol. The second-order valence-electron chi connectivity index (χ2n) is 4.82. The first-order valence-corrected chi connectivity index (χ1v) is 6.69. The molecule has 108 valence electrons. The minimum atomic E-state index is -0.558. The molecule has 5 nitrogen and oxygen atoms in total. The van der Waals surface area contributed by atoms with Crippen molar-refractivity contribution in [3.63, 3.8) is 0 Å². The number of fused-ring (bicyclic) bond motifs is 1. The van der Waals surface area contributed by atoms with Crippen molar-refractivity contribution < 1.29 is 14.0 Å². The van der Waals surface area contributed by atoms with Crippen molar-refractivity contribution in [1.29, 1.82) is 0 Å². The number of amides is 2. The lowest BCUT2D eigenvalue weighted by molar-refractivity contribution is -0.126. The van der Waals surface area contributed by atoms with E-state index in [4.69, 9.17) is 5.73 Å². The normalized spacial score (nSPS) is 17.3. The van der Waals surface area contributed by atoms with Gasteiger partial charge in [0.25, 0.3) is 0 Å². The van der Waals surface area contributed by atoms with E-state index in [0.717, 1.165) is 12.8 Å². The second-order valence-corrected chi connectivity index (χ2v) is 4.82. The number of nitrogens with one attached hydrogen (secondary N) is 2. The molecule has 6 heteroatoms. The SMILES string of the molecule is NCCCCNC(=O)C1CC(=O)Nc2cc(F)ccc21. The fraction of sp³-hybridized carbons (Fsp3) is 0.429. The smallest absolute Gasteiger partial charge is 0.228 e. The van der Waals surface area contributed by atoms with E-state index in [9.17, 15) is 14.0 Å². The quantitative estimate of drug-likeness (QED) is 0.706. The zero-order valence-electron chi connectivity index (χ0n) is 11.1. The molecular formula is C14H18FN3O2. The molecule has 1 unspecified atom stereocenters. The first-order valence-electron chi connectivity index (χ1n) is 6.69. The third-order valence-corrected chi connectivity index (χ3v) is 3.30. The van der Waals surface area contributed by atoms with Crippen LogP contribution in [-0.2, 0) is 9.59 Å². The van der Waals surface area contributed by atoms with Gasteiger partial charge in [0.2, 0.25) is 11.8 Å². The van der Waals surface area contributed by atoms with E-state index < -0.39 is 11.7 Å². The maximum atomic E-state index is 13.2. The average Bonchev–Trinajstić information content (AvgIpc) is 2.42.